The van der Waals surface area contributed by atoms with Crippen LogP contribution in [0.3, 0.4) is 0 Å². The third kappa shape index (κ3) is 2.67. The van der Waals surface area contributed by atoms with Crippen LogP contribution in [-0.4, -0.2) is 18.9 Å². The van der Waals surface area contributed by atoms with E-state index in [0.717, 1.165) is 4.88 Å². The van der Waals surface area contributed by atoms with Crippen molar-refractivity contribution in [3.05, 3.63) is 45.2 Å². The second-order valence-electron chi connectivity index (χ2n) is 6.60. The summed E-state index contributed by atoms with van der Waals surface area (Å²) >= 11 is 1.48. The number of rotatable bonds is 2. The Morgan fingerprint density at radius 1 is 1.43 bits per heavy atom. The van der Waals surface area contributed by atoms with Gasteiger partial charge in [0.2, 0.25) is 5.88 Å². The predicted molar refractivity (Wildman–Crippen MR) is 86.4 cm³/mol. The summed E-state index contributed by atoms with van der Waals surface area (Å²) in [5.74, 6) is -0.460. The van der Waals surface area contributed by atoms with Gasteiger partial charge < -0.3 is 15.2 Å². The smallest absolute Gasteiger partial charge is 0.340 e. The van der Waals surface area contributed by atoms with E-state index in [1.54, 1.807) is 0 Å². The Kier molecular flexibility index (Phi) is 3.80. The summed E-state index contributed by atoms with van der Waals surface area (Å²) in [6, 6.07) is 3.78. The lowest BCUT2D eigenvalue weighted by molar-refractivity contribution is -0.136. The molecule has 0 radical (unpaired) electrons. The third-order valence-electron chi connectivity index (χ3n) is 4.19. The molecule has 3 rings (SSSR count). The van der Waals surface area contributed by atoms with Crippen LogP contribution >= 0.6 is 11.3 Å². The molecule has 6 heteroatoms. The van der Waals surface area contributed by atoms with Crippen molar-refractivity contribution in [3.8, 4) is 0 Å². The number of hydrogen-bond acceptors (Lipinski definition) is 6. The predicted octanol–water partition coefficient (Wildman–Crippen LogP) is 2.85. The number of ether oxygens (including phenoxy) is 2. The number of hydrogen-bond donors (Lipinski definition) is 1. The summed E-state index contributed by atoms with van der Waals surface area (Å²) in [6.45, 7) is 4.04. The average Bonchev–Trinajstić information content (AvgIpc) is 2.97. The molecule has 0 saturated carbocycles. The van der Waals surface area contributed by atoms with Crippen LogP contribution in [0.15, 0.2) is 40.3 Å². The van der Waals surface area contributed by atoms with Gasteiger partial charge >= 0.3 is 5.97 Å². The molecule has 1 aromatic heterocycles. The minimum atomic E-state index is -0.565. The second kappa shape index (κ2) is 5.53. The van der Waals surface area contributed by atoms with Crippen molar-refractivity contribution in [2.45, 2.75) is 32.6 Å². The average molecular weight is 333 g/mol. The van der Waals surface area contributed by atoms with Crippen LogP contribution in [0.4, 0.5) is 0 Å². The number of esters is 1. The highest BCUT2D eigenvalue weighted by Crippen LogP contribution is 2.48. The lowest BCUT2D eigenvalue weighted by Gasteiger charge is -2.37. The van der Waals surface area contributed by atoms with E-state index < -0.39 is 11.9 Å². The lowest BCUT2D eigenvalue weighted by atomic mass is 9.71. The summed E-state index contributed by atoms with van der Waals surface area (Å²) in [6.07, 6.45) is 1.04. The number of methoxy groups -OCH3 is 1. The largest absolute Gasteiger partial charge is 0.465 e. The summed E-state index contributed by atoms with van der Waals surface area (Å²) < 4.78 is 10.5. The first-order valence-corrected chi connectivity index (χ1v) is 8.27. The number of Topliss-reactive ketones (excluding diaryl/α,β-unsaturated/α-hetero) is 1. The van der Waals surface area contributed by atoms with Crippen LogP contribution in [0, 0.1) is 5.41 Å². The van der Waals surface area contributed by atoms with E-state index in [9.17, 15) is 9.59 Å². The molecule has 0 saturated heterocycles. The Morgan fingerprint density at radius 3 is 2.78 bits per heavy atom. The maximum Gasteiger partial charge on any atom is 0.340 e. The first-order chi connectivity index (χ1) is 10.8. The molecule has 1 aliphatic heterocycles. The number of carbonyl (C=O) groups is 2. The van der Waals surface area contributed by atoms with Crippen molar-refractivity contribution in [2.24, 2.45) is 11.1 Å². The first-order valence-electron chi connectivity index (χ1n) is 7.39. The number of nitrogens with two attached hydrogens (primary N) is 1. The fraction of sp³-hybridized carbons (Fsp3) is 0.412. The SMILES string of the molecule is COC(=O)C1=C(N)OC2=C(C(=O)CC(C)(C)C2)[C@@H]1c1cccs1. The molecular formula is C17H19NO4S. The van der Waals surface area contributed by atoms with Gasteiger partial charge in [-0.1, -0.05) is 19.9 Å². The van der Waals surface area contributed by atoms with Gasteiger partial charge in [-0.05, 0) is 16.9 Å². The molecule has 1 atom stereocenters. The summed E-state index contributed by atoms with van der Waals surface area (Å²) in [7, 11) is 1.30. The first kappa shape index (κ1) is 15.8. The maximum absolute atomic E-state index is 12.8. The van der Waals surface area contributed by atoms with Crippen LogP contribution in [0.2, 0.25) is 0 Å². The van der Waals surface area contributed by atoms with Crippen LogP contribution in [0.1, 0.15) is 37.5 Å². The third-order valence-corrected chi connectivity index (χ3v) is 5.13. The zero-order valence-corrected chi connectivity index (χ0v) is 14.2. The summed E-state index contributed by atoms with van der Waals surface area (Å²) in [5, 5.41) is 1.91. The molecule has 2 heterocycles. The van der Waals surface area contributed by atoms with Crippen LogP contribution in [-0.2, 0) is 19.1 Å². The van der Waals surface area contributed by atoms with E-state index in [4.69, 9.17) is 15.2 Å². The number of carbonyl (C=O) groups excluding carboxylic acids is 2. The Morgan fingerprint density at radius 2 is 2.17 bits per heavy atom. The number of ketones is 1. The molecule has 122 valence electrons. The number of allylic oxidation sites excluding steroid dienone is 2. The van der Waals surface area contributed by atoms with E-state index in [0.29, 0.717) is 24.2 Å². The van der Waals surface area contributed by atoms with Gasteiger partial charge in [-0.3, -0.25) is 4.79 Å². The molecule has 0 bridgehead atoms. The van der Waals surface area contributed by atoms with Gasteiger partial charge in [-0.25, -0.2) is 4.79 Å². The second-order valence-corrected chi connectivity index (χ2v) is 7.58. The number of thiophene rings is 1. The zero-order chi connectivity index (χ0) is 16.8. The molecule has 0 aromatic carbocycles. The van der Waals surface area contributed by atoms with Gasteiger partial charge in [0.1, 0.15) is 11.3 Å². The van der Waals surface area contributed by atoms with Gasteiger partial charge in [0, 0.05) is 23.3 Å². The molecule has 5 nitrogen and oxygen atoms in total. The minimum absolute atomic E-state index is 0.00329. The Hall–Kier alpha value is -2.08. The van der Waals surface area contributed by atoms with Crippen molar-refractivity contribution in [1.29, 1.82) is 0 Å². The summed E-state index contributed by atoms with van der Waals surface area (Å²) in [5.41, 5.74) is 6.58. The zero-order valence-electron chi connectivity index (χ0n) is 13.3. The van der Waals surface area contributed by atoms with Crippen molar-refractivity contribution in [3.63, 3.8) is 0 Å². The lowest BCUT2D eigenvalue weighted by Crippen LogP contribution is -2.35. The fourth-order valence-corrected chi connectivity index (χ4v) is 4.08. The molecule has 0 unspecified atom stereocenters. The standard InChI is InChI=1S/C17H19NO4S/c1-17(2)7-9(19)12-10(8-17)22-15(18)14(16(20)21-3)13(12)11-5-4-6-23-11/h4-6,13H,7-8,18H2,1-3H3/t13-/m0/s1. The molecule has 1 aromatic rings. The molecule has 0 fully saturated rings. The highest BCUT2D eigenvalue weighted by atomic mass is 32.1. The highest BCUT2D eigenvalue weighted by Gasteiger charge is 2.45. The molecule has 0 amide bonds. The van der Waals surface area contributed by atoms with E-state index in [1.807, 2.05) is 31.4 Å². The van der Waals surface area contributed by atoms with Gasteiger partial charge in [-0.15, -0.1) is 11.3 Å². The summed E-state index contributed by atoms with van der Waals surface area (Å²) in [4.78, 5) is 25.9. The molecule has 2 aliphatic rings. The van der Waals surface area contributed by atoms with E-state index in [2.05, 4.69) is 0 Å². The maximum atomic E-state index is 12.8. The molecule has 23 heavy (non-hydrogen) atoms. The van der Waals surface area contributed by atoms with Crippen LogP contribution < -0.4 is 5.73 Å². The Labute approximate surface area is 138 Å². The van der Waals surface area contributed by atoms with Crippen molar-refractivity contribution < 1.29 is 19.1 Å². The van der Waals surface area contributed by atoms with E-state index in [1.165, 1.54) is 18.4 Å². The van der Waals surface area contributed by atoms with Gasteiger partial charge in [-0.2, -0.15) is 0 Å². The Balaban J connectivity index is 2.17. The monoisotopic (exact) mass is 333 g/mol. The van der Waals surface area contributed by atoms with Gasteiger partial charge in [0.25, 0.3) is 0 Å². The van der Waals surface area contributed by atoms with Crippen molar-refractivity contribution in [2.75, 3.05) is 7.11 Å². The van der Waals surface area contributed by atoms with Gasteiger partial charge in [0.15, 0.2) is 5.78 Å². The topological polar surface area (TPSA) is 78.6 Å². The molecular weight excluding hydrogens is 314 g/mol. The van der Waals surface area contributed by atoms with Crippen molar-refractivity contribution in [1.82, 2.24) is 0 Å². The van der Waals surface area contributed by atoms with Crippen LogP contribution in [0.5, 0.6) is 0 Å². The van der Waals surface area contributed by atoms with E-state index >= 15 is 0 Å². The molecule has 2 N–H and O–H groups in total. The molecule has 1 aliphatic carbocycles. The fourth-order valence-electron chi connectivity index (χ4n) is 3.23. The van der Waals surface area contributed by atoms with Crippen molar-refractivity contribution >= 4 is 23.1 Å². The molecule has 0 spiro atoms. The van der Waals surface area contributed by atoms with Crippen LogP contribution in [0.25, 0.3) is 0 Å². The normalized spacial score (nSPS) is 23.4. The quantitative estimate of drug-likeness (QED) is 0.842. The highest BCUT2D eigenvalue weighted by molar-refractivity contribution is 7.10. The Bertz CT molecular complexity index is 728. The van der Waals surface area contributed by atoms with E-state index in [-0.39, 0.29) is 22.7 Å². The minimum Gasteiger partial charge on any atom is -0.465 e. The van der Waals surface area contributed by atoms with Gasteiger partial charge in [0.05, 0.1) is 13.0 Å².